The molecule has 1 heterocycles. The predicted octanol–water partition coefficient (Wildman–Crippen LogP) is 3.08. The van der Waals surface area contributed by atoms with Gasteiger partial charge in [0.05, 0.1) is 26.5 Å². The molecule has 2 aromatic rings. The molecule has 0 aliphatic rings. The van der Waals surface area contributed by atoms with Crippen LogP contribution < -0.4 is 14.8 Å². The Labute approximate surface area is 111 Å². The van der Waals surface area contributed by atoms with Gasteiger partial charge in [-0.25, -0.2) is 4.98 Å². The molecule has 1 aromatic carbocycles. The van der Waals surface area contributed by atoms with Gasteiger partial charge in [-0.05, 0) is 19.1 Å². The van der Waals surface area contributed by atoms with E-state index in [-0.39, 0.29) is 0 Å². The van der Waals surface area contributed by atoms with E-state index in [0.29, 0.717) is 6.54 Å². The Hall–Kier alpha value is -1.75. The fourth-order valence-corrected chi connectivity index (χ4v) is 2.31. The van der Waals surface area contributed by atoms with Crippen LogP contribution in [0, 0.1) is 6.92 Å². The molecule has 4 nitrogen and oxygen atoms in total. The van der Waals surface area contributed by atoms with Gasteiger partial charge < -0.3 is 14.8 Å². The van der Waals surface area contributed by atoms with E-state index in [4.69, 9.17) is 9.47 Å². The van der Waals surface area contributed by atoms with E-state index in [0.717, 1.165) is 27.9 Å². The zero-order chi connectivity index (χ0) is 13.0. The number of aromatic nitrogens is 1. The van der Waals surface area contributed by atoms with Crippen LogP contribution in [0.25, 0.3) is 0 Å². The van der Waals surface area contributed by atoms with Crippen LogP contribution in [0.4, 0.5) is 5.69 Å². The number of anilines is 1. The van der Waals surface area contributed by atoms with E-state index < -0.39 is 0 Å². The maximum absolute atomic E-state index is 5.32. The molecule has 0 aliphatic heterocycles. The van der Waals surface area contributed by atoms with E-state index in [1.165, 1.54) is 0 Å². The van der Waals surface area contributed by atoms with Crippen molar-refractivity contribution in [1.29, 1.82) is 0 Å². The Bertz CT molecular complexity index is 525. The fraction of sp³-hybridized carbons (Fsp3) is 0.308. The van der Waals surface area contributed by atoms with Crippen LogP contribution >= 0.6 is 11.3 Å². The summed E-state index contributed by atoms with van der Waals surface area (Å²) in [5.41, 5.74) is 1.99. The van der Waals surface area contributed by atoms with Crippen LogP contribution in [0.5, 0.6) is 11.5 Å². The van der Waals surface area contributed by atoms with Crippen molar-refractivity contribution in [2.75, 3.05) is 19.5 Å². The Morgan fingerprint density at radius 3 is 2.72 bits per heavy atom. The maximum Gasteiger partial charge on any atom is 0.145 e. The van der Waals surface area contributed by atoms with Crippen LogP contribution in [0.2, 0.25) is 0 Å². The van der Waals surface area contributed by atoms with E-state index >= 15 is 0 Å². The first-order valence-electron chi connectivity index (χ1n) is 5.60. The third-order valence-electron chi connectivity index (χ3n) is 2.51. The molecule has 0 bridgehead atoms. The van der Waals surface area contributed by atoms with Crippen molar-refractivity contribution < 1.29 is 9.47 Å². The summed E-state index contributed by atoms with van der Waals surface area (Å²) in [5.74, 6) is 1.55. The molecule has 96 valence electrons. The minimum absolute atomic E-state index is 0.696. The summed E-state index contributed by atoms with van der Waals surface area (Å²) in [6, 6.07) is 5.70. The van der Waals surface area contributed by atoms with Crippen molar-refractivity contribution >= 4 is 17.0 Å². The lowest BCUT2D eigenvalue weighted by atomic mass is 10.2. The van der Waals surface area contributed by atoms with E-state index in [2.05, 4.69) is 10.3 Å². The van der Waals surface area contributed by atoms with Gasteiger partial charge in [0.15, 0.2) is 0 Å². The third kappa shape index (κ3) is 2.92. The van der Waals surface area contributed by atoms with E-state index in [1.54, 1.807) is 25.6 Å². The molecule has 0 unspecified atom stereocenters. The molecule has 2 rings (SSSR count). The van der Waals surface area contributed by atoms with Crippen LogP contribution in [0.15, 0.2) is 23.6 Å². The van der Waals surface area contributed by atoms with Gasteiger partial charge in [0.2, 0.25) is 0 Å². The molecule has 1 N–H and O–H groups in total. The number of benzene rings is 1. The summed E-state index contributed by atoms with van der Waals surface area (Å²) >= 11 is 1.65. The third-order valence-corrected chi connectivity index (χ3v) is 3.47. The molecule has 1 aromatic heterocycles. The number of ether oxygens (including phenoxy) is 2. The fourth-order valence-electron chi connectivity index (χ4n) is 1.60. The van der Waals surface area contributed by atoms with Gasteiger partial charge in [-0.1, -0.05) is 0 Å². The average molecular weight is 264 g/mol. The number of nitrogens with zero attached hydrogens (tertiary/aromatic N) is 1. The molecule has 0 aliphatic carbocycles. The van der Waals surface area contributed by atoms with Crippen molar-refractivity contribution in [2.24, 2.45) is 0 Å². The van der Waals surface area contributed by atoms with Gasteiger partial charge in [-0.15, -0.1) is 11.3 Å². The first-order valence-corrected chi connectivity index (χ1v) is 6.48. The van der Waals surface area contributed by atoms with Gasteiger partial charge in [0.1, 0.15) is 16.5 Å². The van der Waals surface area contributed by atoms with Crippen molar-refractivity contribution in [3.63, 3.8) is 0 Å². The molecule has 0 fully saturated rings. The van der Waals surface area contributed by atoms with Gasteiger partial charge in [-0.3, -0.25) is 0 Å². The van der Waals surface area contributed by atoms with Crippen molar-refractivity contribution in [1.82, 2.24) is 4.98 Å². The zero-order valence-electron chi connectivity index (χ0n) is 10.7. The number of rotatable bonds is 5. The first kappa shape index (κ1) is 12.7. The highest BCUT2D eigenvalue weighted by Crippen LogP contribution is 2.29. The quantitative estimate of drug-likeness (QED) is 0.901. The summed E-state index contributed by atoms with van der Waals surface area (Å²) in [6.45, 7) is 2.69. The van der Waals surface area contributed by atoms with Gasteiger partial charge in [-0.2, -0.15) is 0 Å². The van der Waals surface area contributed by atoms with E-state index in [1.807, 2.05) is 30.5 Å². The van der Waals surface area contributed by atoms with Crippen molar-refractivity contribution in [3.05, 3.63) is 34.3 Å². The molecule has 0 amide bonds. The van der Waals surface area contributed by atoms with Gasteiger partial charge in [0, 0.05) is 17.1 Å². The number of hydrogen-bond donors (Lipinski definition) is 1. The highest BCUT2D eigenvalue weighted by atomic mass is 32.1. The first-order chi connectivity index (χ1) is 8.72. The summed E-state index contributed by atoms with van der Waals surface area (Å²) in [4.78, 5) is 4.41. The molecule has 0 radical (unpaired) electrons. The monoisotopic (exact) mass is 264 g/mol. The second kappa shape index (κ2) is 5.73. The number of nitrogens with one attached hydrogen (secondary N) is 1. The highest BCUT2D eigenvalue weighted by molar-refractivity contribution is 7.09. The SMILES string of the molecule is COc1ccc(NCc2nc(C)cs2)c(OC)c1. The lowest BCUT2D eigenvalue weighted by molar-refractivity contribution is 0.395. The second-order valence-corrected chi connectivity index (χ2v) is 4.75. The summed E-state index contributed by atoms with van der Waals surface area (Å²) in [6.07, 6.45) is 0. The Balaban J connectivity index is 2.08. The standard InChI is InChI=1S/C13H16N2O2S/c1-9-8-18-13(15-9)7-14-11-5-4-10(16-2)6-12(11)17-3/h4-6,8,14H,7H2,1-3H3. The minimum Gasteiger partial charge on any atom is -0.497 e. The maximum atomic E-state index is 5.32. The highest BCUT2D eigenvalue weighted by Gasteiger charge is 2.05. The number of methoxy groups -OCH3 is 2. The van der Waals surface area contributed by atoms with Crippen LogP contribution in [-0.2, 0) is 6.54 Å². The molecule has 0 saturated heterocycles. The topological polar surface area (TPSA) is 43.4 Å². The smallest absolute Gasteiger partial charge is 0.145 e. The molecular formula is C13H16N2O2S. The molecule has 18 heavy (non-hydrogen) atoms. The van der Waals surface area contributed by atoms with Crippen molar-refractivity contribution in [2.45, 2.75) is 13.5 Å². The Morgan fingerprint density at radius 1 is 1.28 bits per heavy atom. The number of hydrogen-bond acceptors (Lipinski definition) is 5. The number of thiazole rings is 1. The molecule has 0 saturated carbocycles. The average Bonchev–Trinajstić information content (AvgIpc) is 2.82. The summed E-state index contributed by atoms with van der Waals surface area (Å²) in [5, 5.41) is 6.42. The van der Waals surface area contributed by atoms with Crippen LogP contribution in [-0.4, -0.2) is 19.2 Å². The van der Waals surface area contributed by atoms with Gasteiger partial charge >= 0.3 is 0 Å². The molecule has 5 heteroatoms. The molecular weight excluding hydrogens is 248 g/mol. The van der Waals surface area contributed by atoms with Crippen LogP contribution in [0.1, 0.15) is 10.7 Å². The largest absolute Gasteiger partial charge is 0.497 e. The lowest BCUT2D eigenvalue weighted by Gasteiger charge is -2.11. The summed E-state index contributed by atoms with van der Waals surface area (Å²) in [7, 11) is 3.29. The molecule has 0 atom stereocenters. The molecule has 0 spiro atoms. The van der Waals surface area contributed by atoms with E-state index in [9.17, 15) is 0 Å². The van der Waals surface area contributed by atoms with Gasteiger partial charge in [0.25, 0.3) is 0 Å². The normalized spacial score (nSPS) is 10.2. The minimum atomic E-state index is 0.696. The van der Waals surface area contributed by atoms with Crippen LogP contribution in [0.3, 0.4) is 0 Å². The lowest BCUT2D eigenvalue weighted by Crippen LogP contribution is -2.01. The predicted molar refractivity (Wildman–Crippen MR) is 73.7 cm³/mol. The zero-order valence-corrected chi connectivity index (χ0v) is 11.5. The Kier molecular flexibility index (Phi) is 4.04. The number of aryl methyl sites for hydroxylation is 1. The second-order valence-electron chi connectivity index (χ2n) is 3.80. The summed E-state index contributed by atoms with van der Waals surface area (Å²) < 4.78 is 10.5. The van der Waals surface area contributed by atoms with Crippen molar-refractivity contribution in [3.8, 4) is 11.5 Å². The Morgan fingerprint density at radius 2 is 2.11 bits per heavy atom.